The summed E-state index contributed by atoms with van der Waals surface area (Å²) < 4.78 is 1.23. The Morgan fingerprint density at radius 1 is 1.15 bits per heavy atom. The quantitative estimate of drug-likeness (QED) is 0.767. The Hall–Kier alpha value is -0.640. The molecule has 0 aliphatic heterocycles. The Morgan fingerprint density at radius 3 is 2.45 bits per heavy atom. The average molecular weight is 352 g/mol. The van der Waals surface area contributed by atoms with E-state index in [-0.39, 0.29) is 0 Å². The Labute approximate surface area is 134 Å². The number of aryl methyl sites for hydroxylation is 3. The maximum Gasteiger partial charge on any atom is 0.0467 e. The van der Waals surface area contributed by atoms with E-state index in [1.54, 1.807) is 0 Å². The normalized spacial score (nSPS) is 12.7. The largest absolute Gasteiger partial charge is 0.309 e. The second-order valence-corrected chi connectivity index (χ2v) is 7.44. The topological polar surface area (TPSA) is 12.0 Å². The maximum absolute atomic E-state index is 3.70. The van der Waals surface area contributed by atoms with Crippen LogP contribution in [0.25, 0.3) is 0 Å². The van der Waals surface area contributed by atoms with E-state index >= 15 is 0 Å². The molecule has 0 aliphatic rings. The van der Waals surface area contributed by atoms with Gasteiger partial charge in [-0.2, -0.15) is 0 Å². The molecule has 1 unspecified atom stereocenters. The zero-order valence-electron chi connectivity index (χ0n) is 12.6. The van der Waals surface area contributed by atoms with Gasteiger partial charge >= 0.3 is 0 Å². The van der Waals surface area contributed by atoms with Crippen LogP contribution in [0.4, 0.5) is 0 Å². The molecule has 0 aliphatic carbocycles. The number of hydrogen-bond donors (Lipinski definition) is 1. The molecule has 1 heterocycles. The van der Waals surface area contributed by atoms with Crippen LogP contribution in [-0.4, -0.2) is 6.54 Å². The zero-order chi connectivity index (χ0) is 14.7. The van der Waals surface area contributed by atoms with Gasteiger partial charge < -0.3 is 5.32 Å². The van der Waals surface area contributed by atoms with Gasteiger partial charge in [0.25, 0.3) is 0 Å². The first-order valence-electron chi connectivity index (χ1n) is 7.06. The summed E-state index contributed by atoms with van der Waals surface area (Å²) in [6.07, 6.45) is 1.04. The van der Waals surface area contributed by atoms with Gasteiger partial charge in [-0.15, -0.1) is 11.3 Å². The van der Waals surface area contributed by atoms with Crippen LogP contribution >= 0.6 is 27.3 Å². The van der Waals surface area contributed by atoms with Gasteiger partial charge in [0.1, 0.15) is 0 Å². The van der Waals surface area contributed by atoms with E-state index in [0.29, 0.717) is 6.04 Å². The minimum Gasteiger partial charge on any atom is -0.309 e. The van der Waals surface area contributed by atoms with E-state index in [9.17, 15) is 0 Å². The van der Waals surface area contributed by atoms with Gasteiger partial charge in [0.2, 0.25) is 0 Å². The summed E-state index contributed by atoms with van der Waals surface area (Å²) in [7, 11) is 0. The number of rotatable bonds is 5. The summed E-state index contributed by atoms with van der Waals surface area (Å²) in [5, 5.41) is 3.62. The van der Waals surface area contributed by atoms with Crippen LogP contribution in [0.1, 0.15) is 39.4 Å². The summed E-state index contributed by atoms with van der Waals surface area (Å²) in [6.45, 7) is 9.67. The highest BCUT2D eigenvalue weighted by Gasteiger charge is 2.17. The van der Waals surface area contributed by atoms with Crippen molar-refractivity contribution < 1.29 is 0 Å². The third-order valence-corrected chi connectivity index (χ3v) is 5.70. The predicted molar refractivity (Wildman–Crippen MR) is 92.8 cm³/mol. The molecular weight excluding hydrogens is 330 g/mol. The highest BCUT2D eigenvalue weighted by molar-refractivity contribution is 9.10. The minimum atomic E-state index is 0.384. The first-order valence-corrected chi connectivity index (χ1v) is 8.67. The molecule has 108 valence electrons. The molecule has 0 spiro atoms. The second kappa shape index (κ2) is 6.88. The summed E-state index contributed by atoms with van der Waals surface area (Å²) in [5.74, 6) is 0. The van der Waals surface area contributed by atoms with E-state index in [1.165, 1.54) is 30.9 Å². The fourth-order valence-corrected chi connectivity index (χ4v) is 4.41. The number of nitrogens with one attached hydrogen (secondary N) is 1. The van der Waals surface area contributed by atoms with Crippen molar-refractivity contribution >= 4 is 27.3 Å². The lowest BCUT2D eigenvalue weighted by Crippen LogP contribution is -2.22. The lowest BCUT2D eigenvalue weighted by atomic mass is 10.00. The van der Waals surface area contributed by atoms with Crippen LogP contribution < -0.4 is 5.32 Å². The van der Waals surface area contributed by atoms with Gasteiger partial charge in [-0.3, -0.25) is 0 Å². The average Bonchev–Trinajstić information content (AvgIpc) is 2.72. The molecule has 1 nitrogen and oxygen atoms in total. The van der Waals surface area contributed by atoms with Crippen molar-refractivity contribution in [3.8, 4) is 0 Å². The molecule has 1 aromatic carbocycles. The Balaban J connectivity index is 2.25. The molecule has 2 rings (SSSR count). The first kappa shape index (κ1) is 15.7. The van der Waals surface area contributed by atoms with Crippen LogP contribution in [-0.2, 0) is 6.42 Å². The van der Waals surface area contributed by atoms with Gasteiger partial charge in [0.05, 0.1) is 0 Å². The van der Waals surface area contributed by atoms with Gasteiger partial charge in [0.15, 0.2) is 0 Å². The van der Waals surface area contributed by atoms with Crippen LogP contribution in [0.15, 0.2) is 28.7 Å². The van der Waals surface area contributed by atoms with Crippen molar-refractivity contribution in [3.63, 3.8) is 0 Å². The Morgan fingerprint density at radius 2 is 1.90 bits per heavy atom. The summed E-state index contributed by atoms with van der Waals surface area (Å²) in [5.41, 5.74) is 4.14. The lowest BCUT2D eigenvalue weighted by Gasteiger charge is -2.18. The number of hydrogen-bond acceptors (Lipinski definition) is 2. The summed E-state index contributed by atoms with van der Waals surface area (Å²) in [6, 6.07) is 9.39. The zero-order valence-corrected chi connectivity index (χ0v) is 15.0. The van der Waals surface area contributed by atoms with Gasteiger partial charge in [-0.25, -0.2) is 0 Å². The molecule has 0 saturated heterocycles. The van der Waals surface area contributed by atoms with Gasteiger partial charge in [-0.05, 0) is 72.4 Å². The number of likely N-dealkylation sites (N-methyl/N-ethyl adjacent to an activating group) is 1. The smallest absolute Gasteiger partial charge is 0.0467 e. The van der Waals surface area contributed by atoms with E-state index in [1.807, 2.05) is 11.3 Å². The third-order valence-electron chi connectivity index (χ3n) is 3.61. The first-order chi connectivity index (χ1) is 9.51. The highest BCUT2D eigenvalue weighted by Crippen LogP contribution is 2.34. The summed E-state index contributed by atoms with van der Waals surface area (Å²) in [4.78, 5) is 2.76. The van der Waals surface area contributed by atoms with Crippen LogP contribution in [0.3, 0.4) is 0 Å². The van der Waals surface area contributed by atoms with Gasteiger partial charge in [-0.1, -0.05) is 25.1 Å². The van der Waals surface area contributed by atoms with Gasteiger partial charge in [0, 0.05) is 20.3 Å². The fourth-order valence-electron chi connectivity index (χ4n) is 2.41. The molecule has 20 heavy (non-hydrogen) atoms. The molecule has 0 saturated carbocycles. The Bertz CT molecular complexity index is 589. The monoisotopic (exact) mass is 351 g/mol. The predicted octanol–water partition coefficient (Wildman–Crippen LogP) is 5.33. The maximum atomic E-state index is 3.70. The molecule has 2 aromatic rings. The van der Waals surface area contributed by atoms with Crippen molar-refractivity contribution in [2.24, 2.45) is 0 Å². The van der Waals surface area contributed by atoms with E-state index in [2.05, 4.69) is 73.2 Å². The number of thiophene rings is 1. The van der Waals surface area contributed by atoms with E-state index in [0.717, 1.165) is 13.0 Å². The van der Waals surface area contributed by atoms with Crippen LogP contribution in [0.2, 0.25) is 0 Å². The molecule has 1 N–H and O–H groups in total. The van der Waals surface area contributed by atoms with Crippen molar-refractivity contribution in [1.29, 1.82) is 0 Å². The molecule has 3 heteroatoms. The number of halogens is 1. The van der Waals surface area contributed by atoms with Crippen molar-refractivity contribution in [1.82, 2.24) is 5.32 Å². The molecule has 1 aromatic heterocycles. The van der Waals surface area contributed by atoms with Crippen molar-refractivity contribution in [2.45, 2.75) is 40.2 Å². The molecule has 0 fully saturated rings. The summed E-state index contributed by atoms with van der Waals surface area (Å²) >= 11 is 5.58. The van der Waals surface area contributed by atoms with Crippen LogP contribution in [0.5, 0.6) is 0 Å². The van der Waals surface area contributed by atoms with Crippen molar-refractivity contribution in [3.05, 3.63) is 55.2 Å². The van der Waals surface area contributed by atoms with E-state index in [4.69, 9.17) is 0 Å². The third kappa shape index (κ3) is 3.72. The highest BCUT2D eigenvalue weighted by atomic mass is 79.9. The Kier molecular flexibility index (Phi) is 5.42. The number of benzene rings is 1. The molecule has 0 bridgehead atoms. The fraction of sp³-hybridized carbons (Fsp3) is 0.412. The SMILES string of the molecule is CCNC(Cc1ccc(C)c(C)c1)c1sc(C)cc1Br. The van der Waals surface area contributed by atoms with Crippen molar-refractivity contribution in [2.75, 3.05) is 6.54 Å². The molecule has 0 radical (unpaired) electrons. The molecule has 1 atom stereocenters. The standard InChI is InChI=1S/C17H22BrNS/c1-5-19-16(17-15(18)9-13(4)20-17)10-14-7-6-11(2)12(3)8-14/h6-9,16,19H,5,10H2,1-4H3. The van der Waals surface area contributed by atoms with Crippen LogP contribution in [0, 0.1) is 20.8 Å². The second-order valence-electron chi connectivity index (χ2n) is 5.30. The molecular formula is C17H22BrNS. The lowest BCUT2D eigenvalue weighted by molar-refractivity contribution is 0.556. The minimum absolute atomic E-state index is 0.384. The van der Waals surface area contributed by atoms with E-state index < -0.39 is 0 Å². The molecule has 0 amide bonds.